The van der Waals surface area contributed by atoms with E-state index in [-0.39, 0.29) is 16.5 Å². The first-order valence-electron chi connectivity index (χ1n) is 7.98. The summed E-state index contributed by atoms with van der Waals surface area (Å²) in [5, 5.41) is 11.6. The standard InChI is InChI=1S/C19H17ClF3NO2/c1-18(2)9-11-7-10(3-5-14(11)16(18)24-17(25)26)13-6-4-12(8-15(13)20)19(21,22)23/h3-8,16,24H,9H2,1-2H3,(H,25,26). The molecule has 1 amide bonds. The Morgan fingerprint density at radius 3 is 2.50 bits per heavy atom. The number of nitrogens with one attached hydrogen (secondary N) is 1. The van der Waals surface area contributed by atoms with Gasteiger partial charge in [-0.25, -0.2) is 4.79 Å². The van der Waals surface area contributed by atoms with Gasteiger partial charge in [-0.05, 0) is 40.7 Å². The highest BCUT2D eigenvalue weighted by Gasteiger charge is 2.40. The first kappa shape index (κ1) is 18.6. The fraction of sp³-hybridized carbons (Fsp3) is 0.316. The third kappa shape index (κ3) is 3.38. The van der Waals surface area contributed by atoms with Crippen molar-refractivity contribution in [2.75, 3.05) is 0 Å². The summed E-state index contributed by atoms with van der Waals surface area (Å²) in [5.74, 6) is 0. The van der Waals surface area contributed by atoms with E-state index in [2.05, 4.69) is 5.32 Å². The second kappa shape index (κ2) is 6.20. The molecule has 7 heteroatoms. The first-order chi connectivity index (χ1) is 12.0. The largest absolute Gasteiger partial charge is 0.465 e. The average molecular weight is 384 g/mol. The predicted octanol–water partition coefficient (Wildman–Crippen LogP) is 5.92. The molecule has 0 aromatic heterocycles. The Balaban J connectivity index is 2.00. The zero-order valence-electron chi connectivity index (χ0n) is 14.1. The van der Waals surface area contributed by atoms with Crippen molar-refractivity contribution in [1.29, 1.82) is 0 Å². The van der Waals surface area contributed by atoms with Gasteiger partial charge in [0.2, 0.25) is 0 Å². The van der Waals surface area contributed by atoms with Crippen LogP contribution in [0.25, 0.3) is 11.1 Å². The fourth-order valence-electron chi connectivity index (χ4n) is 3.54. The normalized spacial score (nSPS) is 18.5. The lowest BCUT2D eigenvalue weighted by Gasteiger charge is -2.27. The first-order valence-corrected chi connectivity index (χ1v) is 8.36. The highest BCUT2D eigenvalue weighted by atomic mass is 35.5. The summed E-state index contributed by atoms with van der Waals surface area (Å²) in [4.78, 5) is 11.1. The molecule has 2 aromatic carbocycles. The lowest BCUT2D eigenvalue weighted by Crippen LogP contribution is -2.34. The fourth-order valence-corrected chi connectivity index (χ4v) is 3.83. The van der Waals surface area contributed by atoms with Crippen molar-refractivity contribution in [3.63, 3.8) is 0 Å². The van der Waals surface area contributed by atoms with Crippen LogP contribution < -0.4 is 5.32 Å². The molecular formula is C19H17ClF3NO2. The maximum absolute atomic E-state index is 12.8. The molecular weight excluding hydrogens is 367 g/mol. The third-order valence-corrected chi connectivity index (χ3v) is 5.07. The van der Waals surface area contributed by atoms with Gasteiger partial charge in [0.05, 0.1) is 11.6 Å². The molecule has 3 rings (SSSR count). The number of hydrogen-bond acceptors (Lipinski definition) is 1. The van der Waals surface area contributed by atoms with Crippen LogP contribution in [-0.4, -0.2) is 11.2 Å². The van der Waals surface area contributed by atoms with E-state index in [4.69, 9.17) is 16.7 Å². The van der Waals surface area contributed by atoms with Crippen molar-refractivity contribution in [3.8, 4) is 11.1 Å². The monoisotopic (exact) mass is 383 g/mol. The van der Waals surface area contributed by atoms with Crippen LogP contribution in [0.15, 0.2) is 36.4 Å². The minimum Gasteiger partial charge on any atom is -0.465 e. The second-order valence-electron chi connectivity index (χ2n) is 7.15. The molecule has 1 atom stereocenters. The third-order valence-electron chi connectivity index (χ3n) is 4.76. The number of carboxylic acid groups (broad SMARTS) is 1. The summed E-state index contributed by atoms with van der Waals surface area (Å²) in [5.41, 5.74) is 1.96. The van der Waals surface area contributed by atoms with Gasteiger partial charge in [-0.2, -0.15) is 13.2 Å². The van der Waals surface area contributed by atoms with E-state index < -0.39 is 17.8 Å². The molecule has 0 bridgehead atoms. The van der Waals surface area contributed by atoms with E-state index >= 15 is 0 Å². The van der Waals surface area contributed by atoms with E-state index in [1.165, 1.54) is 6.07 Å². The van der Waals surface area contributed by atoms with Crippen molar-refractivity contribution >= 4 is 17.7 Å². The number of fused-ring (bicyclic) bond motifs is 1. The molecule has 0 radical (unpaired) electrons. The summed E-state index contributed by atoms with van der Waals surface area (Å²) in [7, 11) is 0. The molecule has 0 saturated carbocycles. The van der Waals surface area contributed by atoms with Crippen molar-refractivity contribution < 1.29 is 23.1 Å². The summed E-state index contributed by atoms with van der Waals surface area (Å²) >= 11 is 6.08. The van der Waals surface area contributed by atoms with E-state index in [0.29, 0.717) is 17.5 Å². The quantitative estimate of drug-likeness (QED) is 0.676. The SMILES string of the molecule is CC1(C)Cc2cc(-c3ccc(C(F)(F)F)cc3Cl)ccc2C1NC(=O)O. The number of rotatable bonds is 2. The predicted molar refractivity (Wildman–Crippen MR) is 93.3 cm³/mol. The Morgan fingerprint density at radius 2 is 1.92 bits per heavy atom. The Morgan fingerprint density at radius 1 is 1.23 bits per heavy atom. The Bertz CT molecular complexity index is 878. The lowest BCUT2D eigenvalue weighted by atomic mass is 9.85. The van der Waals surface area contributed by atoms with Gasteiger partial charge in [0.15, 0.2) is 0 Å². The van der Waals surface area contributed by atoms with Crippen LogP contribution in [0.4, 0.5) is 18.0 Å². The van der Waals surface area contributed by atoms with Gasteiger partial charge < -0.3 is 10.4 Å². The Labute approximate surface area is 153 Å². The smallest absolute Gasteiger partial charge is 0.416 e. The Hall–Kier alpha value is -2.21. The summed E-state index contributed by atoms with van der Waals surface area (Å²) in [6.45, 7) is 3.94. The van der Waals surface area contributed by atoms with Gasteiger partial charge in [0.1, 0.15) is 0 Å². The van der Waals surface area contributed by atoms with Crippen molar-refractivity contribution in [2.45, 2.75) is 32.5 Å². The van der Waals surface area contributed by atoms with Crippen LogP contribution >= 0.6 is 11.6 Å². The number of hydrogen-bond donors (Lipinski definition) is 2. The van der Waals surface area contributed by atoms with Crippen LogP contribution in [-0.2, 0) is 12.6 Å². The van der Waals surface area contributed by atoms with E-state index in [1.54, 1.807) is 6.07 Å². The topological polar surface area (TPSA) is 49.3 Å². The van der Waals surface area contributed by atoms with E-state index in [1.807, 2.05) is 26.0 Å². The molecule has 0 fully saturated rings. The van der Waals surface area contributed by atoms with Crippen LogP contribution in [0, 0.1) is 5.41 Å². The average Bonchev–Trinajstić information content (AvgIpc) is 2.75. The number of benzene rings is 2. The molecule has 0 aliphatic heterocycles. The van der Waals surface area contributed by atoms with Crippen LogP contribution in [0.1, 0.15) is 36.6 Å². The lowest BCUT2D eigenvalue weighted by molar-refractivity contribution is -0.137. The molecule has 3 nitrogen and oxygen atoms in total. The number of halogens is 4. The maximum atomic E-state index is 12.8. The molecule has 1 aliphatic carbocycles. The molecule has 0 spiro atoms. The molecule has 26 heavy (non-hydrogen) atoms. The van der Waals surface area contributed by atoms with Crippen molar-refractivity contribution in [2.24, 2.45) is 5.41 Å². The summed E-state index contributed by atoms with van der Waals surface area (Å²) in [6, 6.07) is 8.39. The van der Waals surface area contributed by atoms with Crippen LogP contribution in [0.2, 0.25) is 5.02 Å². The minimum atomic E-state index is -4.44. The molecule has 0 heterocycles. The van der Waals surface area contributed by atoms with Gasteiger partial charge in [-0.3, -0.25) is 0 Å². The highest BCUT2D eigenvalue weighted by molar-refractivity contribution is 6.33. The van der Waals surface area contributed by atoms with E-state index in [9.17, 15) is 18.0 Å². The van der Waals surface area contributed by atoms with Crippen molar-refractivity contribution in [3.05, 3.63) is 58.1 Å². The summed E-state index contributed by atoms with van der Waals surface area (Å²) < 4.78 is 38.4. The number of amides is 1. The molecule has 1 aliphatic rings. The van der Waals surface area contributed by atoms with Gasteiger partial charge >= 0.3 is 12.3 Å². The molecule has 138 valence electrons. The van der Waals surface area contributed by atoms with Crippen molar-refractivity contribution in [1.82, 2.24) is 5.32 Å². The summed E-state index contributed by atoms with van der Waals surface area (Å²) in [6.07, 6.45) is -4.88. The number of alkyl halides is 3. The van der Waals surface area contributed by atoms with Gasteiger partial charge in [0, 0.05) is 10.6 Å². The van der Waals surface area contributed by atoms with Gasteiger partial charge in [0.25, 0.3) is 0 Å². The van der Waals surface area contributed by atoms with Gasteiger partial charge in [-0.15, -0.1) is 0 Å². The number of carbonyl (C=O) groups is 1. The van der Waals surface area contributed by atoms with Crippen LogP contribution in [0.3, 0.4) is 0 Å². The minimum absolute atomic E-state index is 0.0252. The van der Waals surface area contributed by atoms with Gasteiger partial charge in [-0.1, -0.05) is 49.7 Å². The zero-order valence-corrected chi connectivity index (χ0v) is 14.9. The molecule has 1 unspecified atom stereocenters. The van der Waals surface area contributed by atoms with E-state index in [0.717, 1.165) is 23.3 Å². The zero-order chi connectivity index (χ0) is 19.3. The Kier molecular flexibility index (Phi) is 4.43. The molecule has 2 N–H and O–H groups in total. The second-order valence-corrected chi connectivity index (χ2v) is 7.56. The van der Waals surface area contributed by atoms with Crippen LogP contribution in [0.5, 0.6) is 0 Å². The highest BCUT2D eigenvalue weighted by Crippen LogP contribution is 2.46. The maximum Gasteiger partial charge on any atom is 0.416 e. The molecule has 0 saturated heterocycles. The molecule has 2 aromatic rings.